The highest BCUT2D eigenvalue weighted by Gasteiger charge is 2.21. The minimum atomic E-state index is -0.269. The van der Waals surface area contributed by atoms with E-state index >= 15 is 0 Å². The molecule has 2 atom stereocenters. The fraction of sp³-hybridized carbons (Fsp3) is 0.562. The maximum absolute atomic E-state index is 12.2. The predicted molar refractivity (Wildman–Crippen MR) is 82.8 cm³/mol. The van der Waals surface area contributed by atoms with E-state index in [9.17, 15) is 4.79 Å². The Bertz CT molecular complexity index is 432. The largest absolute Gasteiger partial charge is 0.379 e. The molecule has 116 valence electrons. The van der Waals surface area contributed by atoms with Crippen LogP contribution >= 0.6 is 0 Å². The number of hydrogen-bond donors (Lipinski definition) is 2. The molecule has 1 fully saturated rings. The molecule has 1 aromatic rings. The van der Waals surface area contributed by atoms with Crippen molar-refractivity contribution >= 4 is 5.91 Å². The van der Waals surface area contributed by atoms with Crippen LogP contribution in [-0.2, 0) is 9.53 Å². The molecule has 5 heteroatoms. The van der Waals surface area contributed by atoms with Gasteiger partial charge in [0.15, 0.2) is 0 Å². The Morgan fingerprint density at radius 2 is 2.00 bits per heavy atom. The molecule has 0 aromatic heterocycles. The third-order valence-corrected chi connectivity index (χ3v) is 3.97. The molecule has 0 bridgehead atoms. The van der Waals surface area contributed by atoms with Crippen LogP contribution in [0.2, 0.25) is 0 Å². The summed E-state index contributed by atoms with van der Waals surface area (Å²) in [6, 6.07) is 9.49. The fourth-order valence-corrected chi connectivity index (χ4v) is 2.45. The number of nitrogens with two attached hydrogens (primary N) is 1. The van der Waals surface area contributed by atoms with Gasteiger partial charge in [-0.2, -0.15) is 0 Å². The van der Waals surface area contributed by atoms with Crippen LogP contribution in [0.1, 0.15) is 18.5 Å². The van der Waals surface area contributed by atoms with Crippen molar-refractivity contribution < 1.29 is 9.53 Å². The minimum Gasteiger partial charge on any atom is -0.379 e. The first kappa shape index (κ1) is 15.9. The molecular formula is C16H25N3O2. The van der Waals surface area contributed by atoms with Gasteiger partial charge in [-0.15, -0.1) is 0 Å². The standard InChI is InChI=1S/C16H25N3O2/c1-13(15(17)14-5-3-2-4-6-14)16(20)18-7-8-19-9-11-21-12-10-19/h2-6,13,15H,7-12,17H2,1H3,(H,18,20). The SMILES string of the molecule is CC(C(=O)NCCN1CCOCC1)C(N)c1ccccc1. The van der Waals surface area contributed by atoms with E-state index in [1.165, 1.54) is 0 Å². The number of rotatable bonds is 6. The zero-order chi connectivity index (χ0) is 15.1. The van der Waals surface area contributed by atoms with E-state index < -0.39 is 0 Å². The van der Waals surface area contributed by atoms with Crippen LogP contribution < -0.4 is 11.1 Å². The van der Waals surface area contributed by atoms with Crippen molar-refractivity contribution in [3.8, 4) is 0 Å². The summed E-state index contributed by atoms with van der Waals surface area (Å²) >= 11 is 0. The highest BCUT2D eigenvalue weighted by Crippen LogP contribution is 2.18. The number of morpholine rings is 1. The zero-order valence-corrected chi connectivity index (χ0v) is 12.6. The van der Waals surface area contributed by atoms with Crippen LogP contribution in [0.3, 0.4) is 0 Å². The van der Waals surface area contributed by atoms with Gasteiger partial charge in [-0.05, 0) is 5.56 Å². The summed E-state index contributed by atoms with van der Waals surface area (Å²) in [5.74, 6) is -0.225. The molecule has 2 unspecified atom stereocenters. The molecule has 1 aliphatic rings. The number of carbonyl (C=O) groups is 1. The molecular weight excluding hydrogens is 266 g/mol. The lowest BCUT2D eigenvalue weighted by atomic mass is 9.95. The minimum absolute atomic E-state index is 0.0135. The Morgan fingerprint density at radius 3 is 2.67 bits per heavy atom. The maximum Gasteiger partial charge on any atom is 0.224 e. The number of hydrogen-bond acceptors (Lipinski definition) is 4. The first-order valence-electron chi connectivity index (χ1n) is 7.57. The molecule has 1 amide bonds. The van der Waals surface area contributed by atoms with Gasteiger partial charge in [0.1, 0.15) is 0 Å². The average Bonchev–Trinajstić information content (AvgIpc) is 2.55. The number of ether oxygens (including phenoxy) is 1. The second-order valence-electron chi connectivity index (χ2n) is 5.47. The lowest BCUT2D eigenvalue weighted by Gasteiger charge is -2.27. The summed E-state index contributed by atoms with van der Waals surface area (Å²) in [6.45, 7) is 6.84. The summed E-state index contributed by atoms with van der Waals surface area (Å²) in [5.41, 5.74) is 7.16. The summed E-state index contributed by atoms with van der Waals surface area (Å²) < 4.78 is 5.30. The molecule has 0 aliphatic carbocycles. The molecule has 0 radical (unpaired) electrons. The van der Waals surface area contributed by atoms with Crippen LogP contribution in [0, 0.1) is 5.92 Å². The Kier molecular flexibility index (Phi) is 6.17. The van der Waals surface area contributed by atoms with E-state index in [4.69, 9.17) is 10.5 Å². The second kappa shape index (κ2) is 8.12. The Hall–Kier alpha value is -1.43. The number of carbonyl (C=O) groups excluding carboxylic acids is 1. The van der Waals surface area contributed by atoms with Gasteiger partial charge < -0.3 is 15.8 Å². The normalized spacial score (nSPS) is 19.0. The van der Waals surface area contributed by atoms with Crippen molar-refractivity contribution in [2.24, 2.45) is 11.7 Å². The van der Waals surface area contributed by atoms with E-state index in [1.54, 1.807) is 0 Å². The van der Waals surface area contributed by atoms with Crippen molar-refractivity contribution in [3.05, 3.63) is 35.9 Å². The van der Waals surface area contributed by atoms with Gasteiger partial charge in [-0.25, -0.2) is 0 Å². The molecule has 2 rings (SSSR count). The van der Waals surface area contributed by atoms with E-state index in [0.29, 0.717) is 6.54 Å². The molecule has 1 heterocycles. The Labute approximate surface area is 126 Å². The number of nitrogens with zero attached hydrogens (tertiary/aromatic N) is 1. The van der Waals surface area contributed by atoms with Crippen molar-refractivity contribution in [2.75, 3.05) is 39.4 Å². The maximum atomic E-state index is 12.2. The van der Waals surface area contributed by atoms with Gasteiger partial charge in [-0.1, -0.05) is 37.3 Å². The number of nitrogens with one attached hydrogen (secondary N) is 1. The summed E-state index contributed by atoms with van der Waals surface area (Å²) in [4.78, 5) is 14.5. The van der Waals surface area contributed by atoms with Gasteiger partial charge in [0.05, 0.1) is 19.1 Å². The molecule has 1 aliphatic heterocycles. The molecule has 5 nitrogen and oxygen atoms in total. The van der Waals surface area contributed by atoms with E-state index in [0.717, 1.165) is 38.4 Å². The number of benzene rings is 1. The van der Waals surface area contributed by atoms with Crippen molar-refractivity contribution in [2.45, 2.75) is 13.0 Å². The first-order chi connectivity index (χ1) is 10.2. The van der Waals surface area contributed by atoms with Crippen LogP contribution in [-0.4, -0.2) is 50.2 Å². The smallest absolute Gasteiger partial charge is 0.224 e. The second-order valence-corrected chi connectivity index (χ2v) is 5.47. The summed E-state index contributed by atoms with van der Waals surface area (Å²) in [5, 5.41) is 2.98. The van der Waals surface area contributed by atoms with Gasteiger partial charge in [0.25, 0.3) is 0 Å². The molecule has 1 saturated heterocycles. The summed E-state index contributed by atoms with van der Waals surface area (Å²) in [6.07, 6.45) is 0. The van der Waals surface area contributed by atoms with Crippen LogP contribution in [0.15, 0.2) is 30.3 Å². The van der Waals surface area contributed by atoms with Crippen molar-refractivity contribution in [3.63, 3.8) is 0 Å². The van der Waals surface area contributed by atoms with Gasteiger partial charge in [-0.3, -0.25) is 9.69 Å². The molecule has 3 N–H and O–H groups in total. The molecule has 21 heavy (non-hydrogen) atoms. The number of amides is 1. The highest BCUT2D eigenvalue weighted by molar-refractivity contribution is 5.79. The first-order valence-corrected chi connectivity index (χ1v) is 7.57. The van der Waals surface area contributed by atoms with E-state index in [-0.39, 0.29) is 17.9 Å². The Balaban J connectivity index is 1.74. The molecule has 0 saturated carbocycles. The van der Waals surface area contributed by atoms with Crippen molar-refractivity contribution in [1.82, 2.24) is 10.2 Å². The van der Waals surface area contributed by atoms with Crippen molar-refractivity contribution in [1.29, 1.82) is 0 Å². The monoisotopic (exact) mass is 291 g/mol. The van der Waals surface area contributed by atoms with Gasteiger partial charge in [0.2, 0.25) is 5.91 Å². The molecule has 1 aromatic carbocycles. The van der Waals surface area contributed by atoms with Crippen LogP contribution in [0.4, 0.5) is 0 Å². The van der Waals surface area contributed by atoms with Crippen LogP contribution in [0.5, 0.6) is 0 Å². The predicted octanol–water partition coefficient (Wildman–Crippen LogP) is 0.771. The average molecular weight is 291 g/mol. The lowest BCUT2D eigenvalue weighted by Crippen LogP contribution is -2.43. The van der Waals surface area contributed by atoms with Gasteiger partial charge in [0, 0.05) is 32.2 Å². The van der Waals surface area contributed by atoms with Gasteiger partial charge >= 0.3 is 0 Å². The third kappa shape index (κ3) is 4.81. The van der Waals surface area contributed by atoms with E-state index in [2.05, 4.69) is 10.2 Å². The zero-order valence-electron chi connectivity index (χ0n) is 12.6. The topological polar surface area (TPSA) is 67.6 Å². The van der Waals surface area contributed by atoms with Crippen LogP contribution in [0.25, 0.3) is 0 Å². The highest BCUT2D eigenvalue weighted by atomic mass is 16.5. The quantitative estimate of drug-likeness (QED) is 0.812. The fourth-order valence-electron chi connectivity index (χ4n) is 2.45. The van der Waals surface area contributed by atoms with E-state index in [1.807, 2.05) is 37.3 Å². The lowest BCUT2D eigenvalue weighted by molar-refractivity contribution is -0.125. The third-order valence-electron chi connectivity index (χ3n) is 3.97. The molecule has 0 spiro atoms. The summed E-state index contributed by atoms with van der Waals surface area (Å²) in [7, 11) is 0. The Morgan fingerprint density at radius 1 is 1.33 bits per heavy atom.